The molecule has 5 heteroatoms. The average Bonchev–Trinajstić information content (AvgIpc) is 2.76. The lowest BCUT2D eigenvalue weighted by molar-refractivity contribution is 0.0535. The van der Waals surface area contributed by atoms with Gasteiger partial charge in [-0.15, -0.1) is 0 Å². The largest absolute Gasteiger partial charge is 0.386 e. The first-order valence-electron chi connectivity index (χ1n) is 6.73. The van der Waals surface area contributed by atoms with Crippen LogP contribution < -0.4 is 0 Å². The Morgan fingerprint density at radius 3 is 2.43 bits per heavy atom. The molecule has 0 unspecified atom stereocenters. The molecule has 0 radical (unpaired) electrons. The number of hydrogen-bond donors (Lipinski definition) is 1. The Morgan fingerprint density at radius 1 is 1.10 bits per heavy atom. The highest BCUT2D eigenvalue weighted by atomic mass is 32.2. The zero-order chi connectivity index (χ0) is 15.0. The summed E-state index contributed by atoms with van der Waals surface area (Å²) in [7, 11) is -3.87. The van der Waals surface area contributed by atoms with Gasteiger partial charge in [-0.2, -0.15) is 8.42 Å². The van der Waals surface area contributed by atoms with E-state index in [4.69, 9.17) is 4.18 Å². The van der Waals surface area contributed by atoms with E-state index < -0.39 is 22.3 Å². The van der Waals surface area contributed by atoms with E-state index in [0.29, 0.717) is 6.42 Å². The number of benzene rings is 2. The van der Waals surface area contributed by atoms with Crippen LogP contribution in [0.1, 0.15) is 22.8 Å². The number of aryl methyl sites for hydroxylation is 1. The quantitative estimate of drug-likeness (QED) is 0.884. The summed E-state index contributed by atoms with van der Waals surface area (Å²) >= 11 is 0. The van der Waals surface area contributed by atoms with Crippen LogP contribution in [-0.4, -0.2) is 19.6 Å². The lowest BCUT2D eigenvalue weighted by Gasteiger charge is -2.16. The third-order valence-corrected chi connectivity index (χ3v) is 5.06. The predicted octanol–water partition coefficient (Wildman–Crippen LogP) is 2.36. The summed E-state index contributed by atoms with van der Waals surface area (Å²) in [5.41, 5.74) is 2.64. The van der Waals surface area contributed by atoms with Crippen LogP contribution in [0.5, 0.6) is 0 Å². The second-order valence-electron chi connectivity index (χ2n) is 5.25. The third kappa shape index (κ3) is 2.72. The van der Waals surface area contributed by atoms with Gasteiger partial charge >= 0.3 is 0 Å². The lowest BCUT2D eigenvalue weighted by Crippen LogP contribution is -2.22. The van der Waals surface area contributed by atoms with Crippen LogP contribution >= 0.6 is 0 Å². The third-order valence-electron chi connectivity index (χ3n) is 3.71. The zero-order valence-electron chi connectivity index (χ0n) is 11.6. The highest BCUT2D eigenvalue weighted by Crippen LogP contribution is 2.34. The van der Waals surface area contributed by atoms with E-state index in [9.17, 15) is 13.5 Å². The zero-order valence-corrected chi connectivity index (χ0v) is 12.4. The fraction of sp³-hybridized carbons (Fsp3) is 0.250. The topological polar surface area (TPSA) is 63.6 Å². The molecular weight excluding hydrogens is 288 g/mol. The first-order valence-corrected chi connectivity index (χ1v) is 8.14. The van der Waals surface area contributed by atoms with Gasteiger partial charge in [-0.25, -0.2) is 0 Å². The van der Waals surface area contributed by atoms with E-state index in [1.807, 2.05) is 25.1 Å². The Labute approximate surface area is 124 Å². The number of aliphatic hydroxyl groups excluding tert-OH is 1. The van der Waals surface area contributed by atoms with Gasteiger partial charge < -0.3 is 5.11 Å². The van der Waals surface area contributed by atoms with Crippen molar-refractivity contribution in [3.05, 3.63) is 65.2 Å². The average molecular weight is 304 g/mol. The van der Waals surface area contributed by atoms with E-state index in [-0.39, 0.29) is 4.90 Å². The van der Waals surface area contributed by atoms with Crippen molar-refractivity contribution in [3.63, 3.8) is 0 Å². The van der Waals surface area contributed by atoms with Crippen molar-refractivity contribution in [2.24, 2.45) is 0 Å². The molecule has 3 rings (SSSR count). The maximum atomic E-state index is 12.3. The van der Waals surface area contributed by atoms with Crippen LogP contribution in [0, 0.1) is 6.92 Å². The van der Waals surface area contributed by atoms with Gasteiger partial charge in [0.1, 0.15) is 12.2 Å². The van der Waals surface area contributed by atoms with Gasteiger partial charge in [0.15, 0.2) is 0 Å². The maximum absolute atomic E-state index is 12.3. The van der Waals surface area contributed by atoms with Crippen LogP contribution in [0.25, 0.3) is 0 Å². The first kappa shape index (κ1) is 14.3. The molecule has 21 heavy (non-hydrogen) atoms. The summed E-state index contributed by atoms with van der Waals surface area (Å²) in [5, 5.41) is 10.2. The molecular formula is C16H16O4S. The van der Waals surface area contributed by atoms with Crippen LogP contribution in [0.4, 0.5) is 0 Å². The first-order chi connectivity index (χ1) is 9.97. The molecule has 2 atom stereocenters. The minimum Gasteiger partial charge on any atom is -0.386 e. The smallest absolute Gasteiger partial charge is 0.297 e. The molecule has 110 valence electrons. The second kappa shape index (κ2) is 5.26. The summed E-state index contributed by atoms with van der Waals surface area (Å²) in [6, 6.07) is 13.8. The van der Waals surface area contributed by atoms with Crippen molar-refractivity contribution in [1.29, 1.82) is 0 Å². The SMILES string of the molecule is Cc1ccc(S(=O)(=O)O[C@@H]2Cc3ccccc3[C@H]2O)cc1. The molecule has 0 aliphatic heterocycles. The Kier molecular flexibility index (Phi) is 3.57. The predicted molar refractivity (Wildman–Crippen MR) is 78.3 cm³/mol. The van der Waals surface area contributed by atoms with Crippen molar-refractivity contribution >= 4 is 10.1 Å². The summed E-state index contributed by atoms with van der Waals surface area (Å²) in [6.45, 7) is 1.88. The van der Waals surface area contributed by atoms with Crippen LogP contribution in [-0.2, 0) is 20.7 Å². The normalized spacial score (nSPS) is 21.2. The minimum absolute atomic E-state index is 0.108. The van der Waals surface area contributed by atoms with Gasteiger partial charge in [0.2, 0.25) is 0 Å². The van der Waals surface area contributed by atoms with Gasteiger partial charge in [0.05, 0.1) is 4.90 Å². The molecule has 2 aromatic rings. The molecule has 1 N–H and O–H groups in total. The fourth-order valence-electron chi connectivity index (χ4n) is 2.55. The van der Waals surface area contributed by atoms with Gasteiger partial charge in [-0.1, -0.05) is 42.0 Å². The van der Waals surface area contributed by atoms with Gasteiger partial charge in [0, 0.05) is 6.42 Å². The molecule has 0 bridgehead atoms. The molecule has 1 aliphatic carbocycles. The van der Waals surface area contributed by atoms with E-state index in [1.54, 1.807) is 18.2 Å². The summed E-state index contributed by atoms with van der Waals surface area (Å²) < 4.78 is 29.8. The van der Waals surface area contributed by atoms with Crippen LogP contribution in [0.3, 0.4) is 0 Å². The fourth-order valence-corrected chi connectivity index (χ4v) is 3.63. The van der Waals surface area contributed by atoms with E-state index in [0.717, 1.165) is 16.7 Å². The number of hydrogen-bond acceptors (Lipinski definition) is 4. The van der Waals surface area contributed by atoms with Crippen molar-refractivity contribution in [1.82, 2.24) is 0 Å². The Balaban J connectivity index is 1.83. The second-order valence-corrected chi connectivity index (χ2v) is 6.82. The summed E-state index contributed by atoms with van der Waals surface area (Å²) in [4.78, 5) is 0.108. The molecule has 0 heterocycles. The molecule has 2 aromatic carbocycles. The van der Waals surface area contributed by atoms with E-state index >= 15 is 0 Å². The molecule has 0 amide bonds. The Hall–Kier alpha value is -1.69. The van der Waals surface area contributed by atoms with Crippen LogP contribution in [0.2, 0.25) is 0 Å². The van der Waals surface area contributed by atoms with Gasteiger partial charge in [-0.05, 0) is 30.2 Å². The molecule has 0 fully saturated rings. The minimum atomic E-state index is -3.87. The van der Waals surface area contributed by atoms with Gasteiger partial charge in [-0.3, -0.25) is 4.18 Å². The highest BCUT2D eigenvalue weighted by molar-refractivity contribution is 7.86. The number of fused-ring (bicyclic) bond motifs is 1. The summed E-state index contributed by atoms with van der Waals surface area (Å²) in [6.07, 6.45) is -1.29. The van der Waals surface area contributed by atoms with Gasteiger partial charge in [0.25, 0.3) is 10.1 Å². The van der Waals surface area contributed by atoms with Crippen molar-refractivity contribution in [2.75, 3.05) is 0 Å². The number of aliphatic hydroxyl groups is 1. The molecule has 0 saturated heterocycles. The Bertz CT molecular complexity index is 750. The molecule has 1 aliphatic rings. The van der Waals surface area contributed by atoms with Crippen molar-refractivity contribution in [3.8, 4) is 0 Å². The van der Waals surface area contributed by atoms with Crippen molar-refractivity contribution < 1.29 is 17.7 Å². The summed E-state index contributed by atoms with van der Waals surface area (Å²) in [5.74, 6) is 0. The Morgan fingerprint density at radius 2 is 1.76 bits per heavy atom. The highest BCUT2D eigenvalue weighted by Gasteiger charge is 2.35. The van der Waals surface area contributed by atoms with Crippen molar-refractivity contribution in [2.45, 2.75) is 30.4 Å². The number of rotatable bonds is 3. The standard InChI is InChI=1S/C16H16O4S/c1-11-6-8-13(9-7-11)21(18,19)20-15-10-12-4-2-3-5-14(12)16(15)17/h2-9,15-17H,10H2,1H3/t15-,16-/m1/s1. The maximum Gasteiger partial charge on any atom is 0.297 e. The monoisotopic (exact) mass is 304 g/mol. The van der Waals surface area contributed by atoms with Crippen LogP contribution in [0.15, 0.2) is 53.4 Å². The van der Waals surface area contributed by atoms with E-state index in [1.165, 1.54) is 12.1 Å². The molecule has 4 nitrogen and oxygen atoms in total. The molecule has 0 saturated carbocycles. The van der Waals surface area contributed by atoms with E-state index in [2.05, 4.69) is 0 Å². The lowest BCUT2D eigenvalue weighted by atomic mass is 10.1. The molecule has 0 aromatic heterocycles. The molecule has 0 spiro atoms.